The number of carbonyl (C=O) groups is 2. The molecule has 3 aliphatic rings. The molecule has 1 saturated heterocycles. The molecule has 7 heteroatoms. The van der Waals surface area contributed by atoms with Crippen LogP contribution in [-0.4, -0.2) is 74.9 Å². The molecule has 0 bridgehead atoms. The Kier molecular flexibility index (Phi) is 8.73. The minimum atomic E-state index is -0.933. The first-order valence-electron chi connectivity index (χ1n) is 15.7. The van der Waals surface area contributed by atoms with Crippen molar-refractivity contribution >= 4 is 17.7 Å². The van der Waals surface area contributed by atoms with Crippen LogP contribution in [0.25, 0.3) is 0 Å². The number of aliphatic imine (C=N–C) groups is 1. The Morgan fingerprint density at radius 2 is 1.51 bits per heavy atom. The van der Waals surface area contributed by atoms with E-state index in [1.165, 1.54) is 0 Å². The Balaban J connectivity index is 1.72. The molecular weight excluding hydrogens is 512 g/mol. The highest BCUT2D eigenvalue weighted by Gasteiger charge is 2.54. The number of amidine groups is 1. The molecule has 1 spiro atoms. The minimum Gasteiger partial charge on any atom is -0.478 e. The van der Waals surface area contributed by atoms with E-state index in [9.17, 15) is 14.7 Å². The van der Waals surface area contributed by atoms with Gasteiger partial charge in [0, 0.05) is 31.7 Å². The van der Waals surface area contributed by atoms with E-state index in [-0.39, 0.29) is 33.9 Å². The predicted molar refractivity (Wildman–Crippen MR) is 166 cm³/mol. The molecule has 1 atom stereocenters. The van der Waals surface area contributed by atoms with Crippen molar-refractivity contribution in [1.82, 2.24) is 14.7 Å². The number of hydrogen-bond donors (Lipinski definition) is 1. The van der Waals surface area contributed by atoms with E-state index in [1.54, 1.807) is 12.1 Å². The van der Waals surface area contributed by atoms with Crippen molar-refractivity contribution in [3.63, 3.8) is 0 Å². The van der Waals surface area contributed by atoms with Gasteiger partial charge in [-0.15, -0.1) is 0 Å². The Bertz CT molecular complexity index is 1120. The molecule has 0 unspecified atom stereocenters. The van der Waals surface area contributed by atoms with E-state index in [4.69, 9.17) is 4.99 Å². The van der Waals surface area contributed by atoms with Gasteiger partial charge in [0.1, 0.15) is 5.66 Å². The summed E-state index contributed by atoms with van der Waals surface area (Å²) < 4.78 is 0. The average Bonchev–Trinajstić information content (AvgIpc) is 3.14. The maximum Gasteiger partial charge on any atom is 0.335 e. The highest BCUT2D eigenvalue weighted by Crippen LogP contribution is 2.50. The molecule has 0 radical (unpaired) electrons. The smallest absolute Gasteiger partial charge is 0.335 e. The van der Waals surface area contributed by atoms with Crippen LogP contribution in [0.2, 0.25) is 0 Å². The zero-order chi connectivity index (χ0) is 30.4. The lowest BCUT2D eigenvalue weighted by Crippen LogP contribution is -2.56. The topological polar surface area (TPSA) is 76.5 Å². The number of nitrogens with zero attached hydrogens (tertiary/aromatic N) is 4. The van der Waals surface area contributed by atoms with Crippen LogP contribution in [0.1, 0.15) is 123 Å². The Morgan fingerprint density at radius 1 is 0.951 bits per heavy atom. The van der Waals surface area contributed by atoms with E-state index in [2.05, 4.69) is 77.0 Å². The maximum absolute atomic E-state index is 14.6. The van der Waals surface area contributed by atoms with Crippen molar-refractivity contribution in [3.8, 4) is 0 Å². The molecule has 2 heterocycles. The van der Waals surface area contributed by atoms with Crippen molar-refractivity contribution < 1.29 is 14.7 Å². The van der Waals surface area contributed by atoms with Crippen molar-refractivity contribution in [2.24, 2.45) is 21.7 Å². The Morgan fingerprint density at radius 3 is 1.98 bits per heavy atom. The second kappa shape index (κ2) is 11.3. The number of hydrogen-bond acceptors (Lipinski definition) is 5. The molecule has 41 heavy (non-hydrogen) atoms. The van der Waals surface area contributed by atoms with Crippen LogP contribution in [-0.2, 0) is 4.79 Å². The Hall–Kier alpha value is -2.41. The van der Waals surface area contributed by atoms with Crippen LogP contribution < -0.4 is 0 Å². The quantitative estimate of drug-likeness (QED) is 0.422. The summed E-state index contributed by atoms with van der Waals surface area (Å²) >= 11 is 0. The van der Waals surface area contributed by atoms with Crippen LogP contribution >= 0.6 is 0 Å². The molecule has 4 rings (SSSR count). The number of amides is 1. The van der Waals surface area contributed by atoms with Gasteiger partial charge in [-0.3, -0.25) is 9.69 Å². The third-order valence-corrected chi connectivity index (χ3v) is 9.73. The van der Waals surface area contributed by atoms with Gasteiger partial charge in [-0.2, -0.15) is 0 Å². The average molecular weight is 567 g/mol. The van der Waals surface area contributed by atoms with E-state index in [1.807, 2.05) is 12.1 Å². The molecule has 1 aromatic carbocycles. The highest BCUT2D eigenvalue weighted by atomic mass is 16.4. The molecule has 1 saturated carbocycles. The zero-order valence-electron chi connectivity index (χ0n) is 27.1. The van der Waals surface area contributed by atoms with Crippen LogP contribution in [0.4, 0.5) is 0 Å². The molecule has 7 nitrogen and oxygen atoms in total. The number of benzene rings is 1. The molecular formula is C34H54N4O3. The predicted octanol–water partition coefficient (Wildman–Crippen LogP) is 6.84. The molecule has 228 valence electrons. The molecule has 2 aliphatic heterocycles. The third-order valence-electron chi connectivity index (χ3n) is 9.73. The van der Waals surface area contributed by atoms with Crippen molar-refractivity contribution in [2.75, 3.05) is 26.2 Å². The van der Waals surface area contributed by atoms with Gasteiger partial charge in [0.2, 0.25) is 0 Å². The normalized spacial score (nSPS) is 25.5. The van der Waals surface area contributed by atoms with Crippen molar-refractivity contribution in [1.29, 1.82) is 0 Å². The van der Waals surface area contributed by atoms with E-state index in [0.717, 1.165) is 70.3 Å². The summed E-state index contributed by atoms with van der Waals surface area (Å²) in [6, 6.07) is 7.03. The molecule has 0 aromatic heterocycles. The lowest BCUT2D eigenvalue weighted by atomic mass is 9.69. The molecule has 1 N–H and O–H groups in total. The van der Waals surface area contributed by atoms with Gasteiger partial charge in [-0.25, -0.2) is 9.79 Å². The summed E-state index contributed by atoms with van der Waals surface area (Å²) in [7, 11) is 0. The number of carboxylic acids is 1. The maximum atomic E-state index is 14.6. The van der Waals surface area contributed by atoms with Crippen molar-refractivity contribution in [3.05, 3.63) is 35.4 Å². The fraction of sp³-hybridized carbons (Fsp3) is 0.735. The largest absolute Gasteiger partial charge is 0.478 e. The summed E-state index contributed by atoms with van der Waals surface area (Å²) in [5, 5.41) is 9.52. The molecule has 1 aliphatic carbocycles. The monoisotopic (exact) mass is 566 g/mol. The van der Waals surface area contributed by atoms with Crippen LogP contribution in [0.3, 0.4) is 0 Å². The summed E-state index contributed by atoms with van der Waals surface area (Å²) in [6.45, 7) is 23.9. The van der Waals surface area contributed by atoms with Gasteiger partial charge in [-0.1, -0.05) is 53.7 Å². The first-order valence-corrected chi connectivity index (χ1v) is 15.7. The van der Waals surface area contributed by atoms with Gasteiger partial charge < -0.3 is 14.9 Å². The van der Waals surface area contributed by atoms with Gasteiger partial charge in [-0.05, 0) is 93.7 Å². The second-order valence-electron chi connectivity index (χ2n) is 15.9. The minimum absolute atomic E-state index is 0.0460. The summed E-state index contributed by atoms with van der Waals surface area (Å²) in [6.07, 6.45) is 5.59. The van der Waals surface area contributed by atoms with Crippen LogP contribution in [0.15, 0.2) is 29.3 Å². The number of carboxylic acid groups (broad SMARTS) is 1. The number of carbonyl (C=O) groups excluding carboxylic acids is 1. The summed E-state index contributed by atoms with van der Waals surface area (Å²) in [4.78, 5) is 38.5. The number of piperazine rings is 1. The summed E-state index contributed by atoms with van der Waals surface area (Å²) in [5.74, 6) is 0.347. The standard InChI is InChI=1S/C34H54N4O3/c1-31(2,3)17-16-27(24-10-12-25(13-11-24)30(40)41)38-29(39)28(36-20-22-37(23-21-36)33(7,8)9)35-34(38)18-14-26(15-19-34)32(4,5)6/h10-13,26-27H,14-23H2,1-9H3,(H,40,41)/t26?,27-,34?/m1/s1. The SMILES string of the molecule is CC(C)(C)CC[C@H](c1ccc(C(=O)O)cc1)N1C(=O)C(N2CCN(C(C)(C)C)CC2)=NC12CCC(C(C)(C)C)CC2. The molecule has 1 amide bonds. The highest BCUT2D eigenvalue weighted by molar-refractivity contribution is 6.39. The number of rotatable bonds is 5. The van der Waals surface area contributed by atoms with Gasteiger partial charge >= 0.3 is 5.97 Å². The Labute approximate surface area is 248 Å². The van der Waals surface area contributed by atoms with E-state index < -0.39 is 11.6 Å². The zero-order valence-corrected chi connectivity index (χ0v) is 27.1. The first kappa shape index (κ1) is 31.5. The molecule has 2 fully saturated rings. The van der Waals surface area contributed by atoms with Crippen molar-refractivity contribution in [2.45, 2.75) is 118 Å². The fourth-order valence-corrected chi connectivity index (χ4v) is 6.98. The first-order chi connectivity index (χ1) is 18.9. The van der Waals surface area contributed by atoms with Gasteiger partial charge in [0.05, 0.1) is 11.6 Å². The van der Waals surface area contributed by atoms with Crippen LogP contribution in [0, 0.1) is 16.7 Å². The summed E-state index contributed by atoms with van der Waals surface area (Å²) in [5.41, 5.74) is 1.15. The van der Waals surface area contributed by atoms with E-state index in [0.29, 0.717) is 11.8 Å². The van der Waals surface area contributed by atoms with Crippen LogP contribution in [0.5, 0.6) is 0 Å². The number of aromatic carboxylic acids is 1. The molecule has 1 aromatic rings. The fourth-order valence-electron chi connectivity index (χ4n) is 6.98. The lowest BCUT2D eigenvalue weighted by molar-refractivity contribution is -0.134. The lowest BCUT2D eigenvalue weighted by Gasteiger charge is -2.47. The van der Waals surface area contributed by atoms with E-state index >= 15 is 0 Å². The van der Waals surface area contributed by atoms with Gasteiger partial charge in [0.25, 0.3) is 5.91 Å². The third kappa shape index (κ3) is 6.98. The second-order valence-corrected chi connectivity index (χ2v) is 15.9. The van der Waals surface area contributed by atoms with Gasteiger partial charge in [0.15, 0.2) is 5.84 Å².